The maximum Gasteiger partial charge on any atom is 0.0832 e. The molecule has 0 spiro atoms. The van der Waals surface area contributed by atoms with E-state index in [1.165, 1.54) is 0 Å². The summed E-state index contributed by atoms with van der Waals surface area (Å²) in [5.41, 5.74) is 0. The number of hydrogen-bond donors (Lipinski definition) is 2. The third kappa shape index (κ3) is 0.663. The zero-order chi connectivity index (χ0) is 7.30. The molecule has 2 heteroatoms. The van der Waals surface area contributed by atoms with Gasteiger partial charge >= 0.3 is 0 Å². The monoisotopic (exact) mass is 142 g/mol. The molecule has 2 rings (SSSR count). The van der Waals surface area contributed by atoms with Crippen molar-refractivity contribution in [3.63, 3.8) is 0 Å². The summed E-state index contributed by atoms with van der Waals surface area (Å²) in [6.45, 7) is 2.17. The van der Waals surface area contributed by atoms with E-state index >= 15 is 0 Å². The highest BCUT2D eigenvalue weighted by atomic mass is 16.3. The zero-order valence-corrected chi connectivity index (χ0v) is 6.20. The number of aliphatic hydroxyl groups excluding tert-OH is 2. The number of fused-ring (bicyclic) bond motifs is 2. The molecular weight excluding hydrogens is 128 g/mol. The molecule has 2 bridgehead atoms. The first kappa shape index (κ1) is 6.62. The van der Waals surface area contributed by atoms with Crippen molar-refractivity contribution in [2.45, 2.75) is 32.0 Å². The molecule has 2 fully saturated rings. The minimum Gasteiger partial charge on any atom is -0.390 e. The van der Waals surface area contributed by atoms with E-state index in [9.17, 15) is 10.2 Å². The zero-order valence-electron chi connectivity index (χ0n) is 6.20. The second-order valence-corrected chi connectivity index (χ2v) is 3.85. The van der Waals surface area contributed by atoms with E-state index in [1.807, 2.05) is 0 Å². The highest BCUT2D eigenvalue weighted by molar-refractivity contribution is 4.99. The summed E-state index contributed by atoms with van der Waals surface area (Å²) >= 11 is 0. The molecule has 0 amide bonds. The van der Waals surface area contributed by atoms with Crippen LogP contribution in [0.2, 0.25) is 0 Å². The Hall–Kier alpha value is -0.0800. The average molecular weight is 142 g/mol. The van der Waals surface area contributed by atoms with Crippen molar-refractivity contribution in [1.29, 1.82) is 0 Å². The molecule has 2 aliphatic rings. The summed E-state index contributed by atoms with van der Waals surface area (Å²) < 4.78 is 0. The lowest BCUT2D eigenvalue weighted by Crippen LogP contribution is -2.35. The van der Waals surface area contributed by atoms with E-state index in [4.69, 9.17) is 0 Å². The lowest BCUT2D eigenvalue weighted by atomic mass is 9.86. The van der Waals surface area contributed by atoms with Crippen LogP contribution in [-0.2, 0) is 0 Å². The van der Waals surface area contributed by atoms with Gasteiger partial charge in [-0.05, 0) is 30.6 Å². The van der Waals surface area contributed by atoms with Gasteiger partial charge in [0, 0.05) is 0 Å². The Morgan fingerprint density at radius 3 is 2.20 bits per heavy atom. The molecule has 0 radical (unpaired) electrons. The topological polar surface area (TPSA) is 40.5 Å². The van der Waals surface area contributed by atoms with E-state index < -0.39 is 12.2 Å². The van der Waals surface area contributed by atoms with Gasteiger partial charge in [-0.3, -0.25) is 0 Å². The Kier molecular flexibility index (Phi) is 1.29. The molecule has 58 valence electrons. The molecular formula is C8H14O2. The number of hydrogen-bond acceptors (Lipinski definition) is 2. The predicted molar refractivity (Wildman–Crippen MR) is 37.4 cm³/mol. The minimum atomic E-state index is -0.422. The quantitative estimate of drug-likeness (QED) is 0.513. The number of rotatable bonds is 0. The Bertz CT molecular complexity index is 144. The van der Waals surface area contributed by atoms with Crippen molar-refractivity contribution in [3.8, 4) is 0 Å². The van der Waals surface area contributed by atoms with Crippen LogP contribution in [0.3, 0.4) is 0 Å². The maximum absolute atomic E-state index is 9.41. The highest BCUT2D eigenvalue weighted by Gasteiger charge is 2.49. The number of aliphatic hydroxyl groups is 2. The van der Waals surface area contributed by atoms with Gasteiger partial charge in [0.05, 0.1) is 12.2 Å². The Labute approximate surface area is 60.9 Å². The SMILES string of the molecule is C[C@H]1CC2CC1C(O)C2O. The Balaban J connectivity index is 2.16. The van der Waals surface area contributed by atoms with E-state index in [0.29, 0.717) is 17.8 Å². The standard InChI is InChI=1S/C8H14O2/c1-4-2-5-3-6(4)8(10)7(5)9/h4-10H,2-3H2,1H3/t4-,5?,6?,7?,8?/m0/s1. The molecule has 5 atom stereocenters. The lowest BCUT2D eigenvalue weighted by Gasteiger charge is -2.26. The summed E-state index contributed by atoms with van der Waals surface area (Å²) in [5.74, 6) is 1.42. The van der Waals surface area contributed by atoms with Gasteiger partial charge in [0.15, 0.2) is 0 Å². The molecule has 0 aromatic carbocycles. The maximum atomic E-state index is 9.41. The molecule has 2 nitrogen and oxygen atoms in total. The van der Waals surface area contributed by atoms with Gasteiger partial charge in [0.1, 0.15) is 0 Å². The van der Waals surface area contributed by atoms with Gasteiger partial charge < -0.3 is 10.2 Å². The van der Waals surface area contributed by atoms with E-state index in [0.717, 1.165) is 12.8 Å². The molecule has 0 aromatic rings. The summed E-state index contributed by atoms with van der Waals surface area (Å²) in [5, 5.41) is 18.8. The smallest absolute Gasteiger partial charge is 0.0832 e. The second kappa shape index (κ2) is 1.95. The fraction of sp³-hybridized carbons (Fsp3) is 1.00. The van der Waals surface area contributed by atoms with E-state index in [-0.39, 0.29) is 0 Å². The normalized spacial score (nSPS) is 59.7. The van der Waals surface area contributed by atoms with E-state index in [2.05, 4.69) is 6.92 Å². The molecule has 0 saturated heterocycles. The van der Waals surface area contributed by atoms with Gasteiger partial charge in [-0.25, -0.2) is 0 Å². The molecule has 0 aromatic heterocycles. The molecule has 0 aliphatic heterocycles. The van der Waals surface area contributed by atoms with Crippen LogP contribution in [0, 0.1) is 17.8 Å². The van der Waals surface area contributed by atoms with Gasteiger partial charge in [-0.1, -0.05) is 6.92 Å². The van der Waals surface area contributed by atoms with Gasteiger partial charge in [-0.2, -0.15) is 0 Å². The van der Waals surface area contributed by atoms with Crippen LogP contribution in [0.1, 0.15) is 19.8 Å². The summed E-state index contributed by atoms with van der Waals surface area (Å²) in [6, 6.07) is 0. The van der Waals surface area contributed by atoms with Crippen molar-refractivity contribution in [1.82, 2.24) is 0 Å². The summed E-state index contributed by atoms with van der Waals surface area (Å²) in [6.07, 6.45) is 1.32. The van der Waals surface area contributed by atoms with Crippen LogP contribution in [0.4, 0.5) is 0 Å². The van der Waals surface area contributed by atoms with Crippen molar-refractivity contribution in [2.75, 3.05) is 0 Å². The third-order valence-corrected chi connectivity index (χ3v) is 3.25. The minimum absolute atomic E-state index is 0.389. The summed E-state index contributed by atoms with van der Waals surface area (Å²) in [7, 11) is 0. The van der Waals surface area contributed by atoms with Crippen LogP contribution < -0.4 is 0 Å². The van der Waals surface area contributed by atoms with Gasteiger partial charge in [0.2, 0.25) is 0 Å². The molecule has 2 saturated carbocycles. The molecule has 2 aliphatic carbocycles. The second-order valence-electron chi connectivity index (χ2n) is 3.85. The third-order valence-electron chi connectivity index (χ3n) is 3.25. The molecule has 10 heavy (non-hydrogen) atoms. The first-order chi connectivity index (χ1) is 4.70. The fourth-order valence-corrected chi connectivity index (χ4v) is 2.62. The van der Waals surface area contributed by atoms with Gasteiger partial charge in [-0.15, -0.1) is 0 Å². The average Bonchev–Trinajstić information content (AvgIpc) is 2.36. The van der Waals surface area contributed by atoms with Crippen molar-refractivity contribution in [2.24, 2.45) is 17.8 Å². The van der Waals surface area contributed by atoms with Crippen LogP contribution in [0.15, 0.2) is 0 Å². The Morgan fingerprint density at radius 1 is 1.10 bits per heavy atom. The lowest BCUT2D eigenvalue weighted by molar-refractivity contribution is -0.0309. The first-order valence-electron chi connectivity index (χ1n) is 4.06. The predicted octanol–water partition coefficient (Wildman–Crippen LogP) is 0.384. The molecule has 0 heterocycles. The summed E-state index contributed by atoms with van der Waals surface area (Å²) in [4.78, 5) is 0. The van der Waals surface area contributed by atoms with Crippen LogP contribution in [0.5, 0.6) is 0 Å². The van der Waals surface area contributed by atoms with Crippen molar-refractivity contribution < 1.29 is 10.2 Å². The van der Waals surface area contributed by atoms with Crippen molar-refractivity contribution >= 4 is 0 Å². The molecule has 4 unspecified atom stereocenters. The van der Waals surface area contributed by atoms with Crippen LogP contribution in [0.25, 0.3) is 0 Å². The van der Waals surface area contributed by atoms with Crippen LogP contribution >= 0.6 is 0 Å². The largest absolute Gasteiger partial charge is 0.390 e. The first-order valence-corrected chi connectivity index (χ1v) is 4.06. The van der Waals surface area contributed by atoms with Gasteiger partial charge in [0.25, 0.3) is 0 Å². The van der Waals surface area contributed by atoms with E-state index in [1.54, 1.807) is 0 Å². The fourth-order valence-electron chi connectivity index (χ4n) is 2.62. The molecule has 2 N–H and O–H groups in total. The highest BCUT2D eigenvalue weighted by Crippen LogP contribution is 2.48. The van der Waals surface area contributed by atoms with Crippen LogP contribution in [-0.4, -0.2) is 22.4 Å². The van der Waals surface area contributed by atoms with Crippen molar-refractivity contribution in [3.05, 3.63) is 0 Å². The Morgan fingerprint density at radius 2 is 1.80 bits per heavy atom.